The van der Waals surface area contributed by atoms with Gasteiger partial charge in [-0.15, -0.1) is 10.2 Å². The maximum atomic E-state index is 12.5. The Morgan fingerprint density at radius 3 is 2.44 bits per heavy atom. The Hall–Kier alpha value is -1.61. The number of hydrogen-bond acceptors (Lipinski definition) is 6. The van der Waals surface area contributed by atoms with Crippen LogP contribution in [0.3, 0.4) is 0 Å². The first-order chi connectivity index (χ1) is 12.0. The molecule has 2 amide bonds. The summed E-state index contributed by atoms with van der Waals surface area (Å²) in [6, 6.07) is 0.519. The van der Waals surface area contributed by atoms with Crippen LogP contribution in [-0.4, -0.2) is 93.9 Å². The lowest BCUT2D eigenvalue weighted by atomic mass is 10.3. The summed E-state index contributed by atoms with van der Waals surface area (Å²) < 4.78 is 2.16. The molecule has 0 spiro atoms. The summed E-state index contributed by atoms with van der Waals surface area (Å²) in [5.41, 5.74) is 0. The van der Waals surface area contributed by atoms with Gasteiger partial charge in [-0.1, -0.05) is 11.8 Å². The molecule has 0 unspecified atom stereocenters. The number of piperazine rings is 1. The number of hydrogen-bond donors (Lipinski definition) is 0. The Morgan fingerprint density at radius 1 is 1.16 bits per heavy atom. The topological polar surface area (TPSA) is 74.6 Å². The van der Waals surface area contributed by atoms with Crippen LogP contribution >= 0.6 is 11.8 Å². The summed E-state index contributed by atoms with van der Waals surface area (Å²) in [5.74, 6) is 1.55. The normalized spacial score (nSPS) is 18.4. The summed E-state index contributed by atoms with van der Waals surface area (Å²) >= 11 is 1.48. The molecule has 0 atom stereocenters. The van der Waals surface area contributed by atoms with E-state index in [9.17, 15) is 9.59 Å². The van der Waals surface area contributed by atoms with Crippen molar-refractivity contribution in [3.05, 3.63) is 5.82 Å². The van der Waals surface area contributed by atoms with Crippen LogP contribution in [0.5, 0.6) is 0 Å². The first-order valence-corrected chi connectivity index (χ1v) is 9.69. The first-order valence-electron chi connectivity index (χ1n) is 8.70. The van der Waals surface area contributed by atoms with Crippen LogP contribution in [0.1, 0.15) is 24.7 Å². The van der Waals surface area contributed by atoms with Crippen molar-refractivity contribution in [2.75, 3.05) is 52.6 Å². The van der Waals surface area contributed by atoms with Crippen molar-refractivity contribution in [2.45, 2.75) is 31.0 Å². The predicted octanol–water partition coefficient (Wildman–Crippen LogP) is 0.246. The number of carbonyl (C=O) groups is 2. The maximum absolute atomic E-state index is 12.5. The summed E-state index contributed by atoms with van der Waals surface area (Å²) in [7, 11) is 3.53. The Bertz CT molecular complexity index is 635. The van der Waals surface area contributed by atoms with Gasteiger partial charge in [0.15, 0.2) is 5.16 Å². The van der Waals surface area contributed by atoms with Crippen molar-refractivity contribution < 1.29 is 9.59 Å². The molecule has 9 heteroatoms. The third kappa shape index (κ3) is 4.52. The van der Waals surface area contributed by atoms with Gasteiger partial charge in [0.2, 0.25) is 11.8 Å². The van der Waals surface area contributed by atoms with E-state index in [1.165, 1.54) is 24.6 Å². The van der Waals surface area contributed by atoms with E-state index in [1.807, 2.05) is 11.8 Å². The molecule has 1 aromatic rings. The third-order valence-corrected chi connectivity index (χ3v) is 5.58. The zero-order valence-electron chi connectivity index (χ0n) is 15.1. The molecule has 0 bridgehead atoms. The number of rotatable bonds is 6. The molecule has 2 heterocycles. The van der Waals surface area contributed by atoms with Gasteiger partial charge in [0.05, 0.1) is 12.3 Å². The van der Waals surface area contributed by atoms with Gasteiger partial charge in [0.25, 0.3) is 0 Å². The SMILES string of the molecule is Cc1nnc(SCC(=O)N2CCN(CC(=O)N(C)C)CC2)n1C1CC1. The van der Waals surface area contributed by atoms with Crippen molar-refractivity contribution in [1.82, 2.24) is 29.5 Å². The fourth-order valence-corrected chi connectivity index (χ4v) is 3.86. The smallest absolute Gasteiger partial charge is 0.236 e. The van der Waals surface area contributed by atoms with Crippen LogP contribution < -0.4 is 0 Å². The number of likely N-dealkylation sites (N-methyl/N-ethyl adjacent to an activating group) is 1. The van der Waals surface area contributed by atoms with Crippen LogP contribution in [-0.2, 0) is 9.59 Å². The molecule has 8 nitrogen and oxygen atoms in total. The van der Waals surface area contributed by atoms with E-state index in [-0.39, 0.29) is 11.8 Å². The van der Waals surface area contributed by atoms with Gasteiger partial charge in [-0.25, -0.2) is 0 Å². The van der Waals surface area contributed by atoms with Crippen molar-refractivity contribution in [2.24, 2.45) is 0 Å². The molecule has 25 heavy (non-hydrogen) atoms. The van der Waals surface area contributed by atoms with Gasteiger partial charge < -0.3 is 14.4 Å². The number of amides is 2. The fraction of sp³-hybridized carbons (Fsp3) is 0.750. The van der Waals surface area contributed by atoms with Crippen LogP contribution in [0, 0.1) is 6.92 Å². The molecule has 1 saturated carbocycles. The highest BCUT2D eigenvalue weighted by Gasteiger charge is 2.29. The average molecular weight is 366 g/mol. The lowest BCUT2D eigenvalue weighted by Gasteiger charge is -2.34. The van der Waals surface area contributed by atoms with Gasteiger partial charge in [0, 0.05) is 46.3 Å². The standard InChI is InChI=1S/C16H26N6O2S/c1-12-17-18-16(22(12)13-4-5-13)25-11-15(24)21-8-6-20(7-9-21)10-14(23)19(2)3/h13H,4-11H2,1-3H3. The predicted molar refractivity (Wildman–Crippen MR) is 95.5 cm³/mol. The molecule has 1 aliphatic heterocycles. The van der Waals surface area contributed by atoms with Crippen molar-refractivity contribution >= 4 is 23.6 Å². The van der Waals surface area contributed by atoms with E-state index < -0.39 is 0 Å². The average Bonchev–Trinajstić information content (AvgIpc) is 3.36. The van der Waals surface area contributed by atoms with Crippen molar-refractivity contribution in [3.63, 3.8) is 0 Å². The number of carbonyl (C=O) groups excluding carboxylic acids is 2. The number of nitrogens with zero attached hydrogens (tertiary/aromatic N) is 6. The third-order valence-electron chi connectivity index (χ3n) is 4.65. The molecule has 1 aliphatic carbocycles. The highest BCUT2D eigenvalue weighted by atomic mass is 32.2. The summed E-state index contributed by atoms with van der Waals surface area (Å²) in [4.78, 5) is 29.8. The number of aryl methyl sites for hydroxylation is 1. The molecular weight excluding hydrogens is 340 g/mol. The second kappa shape index (κ2) is 7.74. The summed E-state index contributed by atoms with van der Waals surface area (Å²) in [5, 5.41) is 9.21. The molecule has 138 valence electrons. The van der Waals surface area contributed by atoms with Crippen LogP contribution in [0.25, 0.3) is 0 Å². The monoisotopic (exact) mass is 366 g/mol. The van der Waals surface area contributed by atoms with Crippen LogP contribution in [0.2, 0.25) is 0 Å². The lowest BCUT2D eigenvalue weighted by molar-refractivity contribution is -0.132. The van der Waals surface area contributed by atoms with Gasteiger partial charge in [-0.05, 0) is 19.8 Å². The van der Waals surface area contributed by atoms with Gasteiger partial charge in [0.1, 0.15) is 5.82 Å². The Balaban J connectivity index is 1.45. The molecule has 0 aromatic carbocycles. The van der Waals surface area contributed by atoms with Gasteiger partial charge >= 0.3 is 0 Å². The first kappa shape index (κ1) is 18.2. The Kier molecular flexibility index (Phi) is 5.63. The minimum atomic E-state index is 0.102. The summed E-state index contributed by atoms with van der Waals surface area (Å²) in [6.45, 7) is 5.22. The molecule has 3 rings (SSSR count). The fourth-order valence-electron chi connectivity index (χ4n) is 2.91. The lowest BCUT2D eigenvalue weighted by Crippen LogP contribution is -2.51. The highest BCUT2D eigenvalue weighted by molar-refractivity contribution is 7.99. The Labute approximate surface area is 152 Å². The number of thioether (sulfide) groups is 1. The van der Waals surface area contributed by atoms with E-state index in [2.05, 4.69) is 19.7 Å². The summed E-state index contributed by atoms with van der Waals surface area (Å²) in [6.07, 6.45) is 2.35. The van der Waals surface area contributed by atoms with Crippen molar-refractivity contribution in [1.29, 1.82) is 0 Å². The van der Waals surface area contributed by atoms with E-state index in [0.29, 0.717) is 31.4 Å². The van der Waals surface area contributed by atoms with Crippen molar-refractivity contribution in [3.8, 4) is 0 Å². The maximum Gasteiger partial charge on any atom is 0.236 e. The zero-order valence-corrected chi connectivity index (χ0v) is 16.0. The molecule has 0 N–H and O–H groups in total. The second-order valence-corrected chi connectivity index (χ2v) is 7.81. The molecule has 2 aliphatic rings. The highest BCUT2D eigenvalue weighted by Crippen LogP contribution is 2.38. The molecule has 1 saturated heterocycles. The second-order valence-electron chi connectivity index (χ2n) is 6.86. The zero-order chi connectivity index (χ0) is 18.0. The molecule has 0 radical (unpaired) electrons. The van der Waals surface area contributed by atoms with E-state index in [4.69, 9.17) is 0 Å². The molecule has 2 fully saturated rings. The van der Waals surface area contributed by atoms with Crippen LogP contribution in [0.15, 0.2) is 5.16 Å². The minimum Gasteiger partial charge on any atom is -0.348 e. The largest absolute Gasteiger partial charge is 0.348 e. The Morgan fingerprint density at radius 2 is 1.84 bits per heavy atom. The quantitative estimate of drug-likeness (QED) is 0.672. The van der Waals surface area contributed by atoms with E-state index in [0.717, 1.165) is 24.1 Å². The van der Waals surface area contributed by atoms with E-state index >= 15 is 0 Å². The number of aromatic nitrogens is 3. The van der Waals surface area contributed by atoms with Crippen LogP contribution in [0.4, 0.5) is 0 Å². The van der Waals surface area contributed by atoms with Gasteiger partial charge in [-0.3, -0.25) is 14.5 Å². The molecular formula is C16H26N6O2S. The van der Waals surface area contributed by atoms with Gasteiger partial charge in [-0.2, -0.15) is 0 Å². The molecule has 1 aromatic heterocycles. The van der Waals surface area contributed by atoms with E-state index in [1.54, 1.807) is 19.0 Å². The minimum absolute atomic E-state index is 0.102.